The molecule has 1 atom stereocenters. The van der Waals surface area contributed by atoms with Crippen LogP contribution in [0.2, 0.25) is 0 Å². The molecule has 3 nitrogen and oxygen atoms in total. The smallest absolute Gasteiger partial charge is 0.306 e. The standard InChI is InChI=1S/C11H16F2O3/c12-11(13)4-2-10(3-5-11)7-8(9(14)15)1-6-16-10/h8H,1-7H2,(H,14,15). The molecule has 1 aliphatic carbocycles. The molecule has 1 spiro atoms. The van der Waals surface area contributed by atoms with Gasteiger partial charge in [-0.25, -0.2) is 8.78 Å². The highest BCUT2D eigenvalue weighted by atomic mass is 19.3. The van der Waals surface area contributed by atoms with Crippen LogP contribution in [-0.4, -0.2) is 29.2 Å². The molecule has 0 aromatic rings. The highest BCUT2D eigenvalue weighted by molar-refractivity contribution is 5.70. The molecule has 2 rings (SSSR count). The monoisotopic (exact) mass is 234 g/mol. The number of rotatable bonds is 1. The first-order valence-electron chi connectivity index (χ1n) is 5.67. The lowest BCUT2D eigenvalue weighted by atomic mass is 9.75. The molecule has 1 saturated carbocycles. The molecule has 5 heteroatoms. The van der Waals surface area contributed by atoms with Crippen LogP contribution in [0.1, 0.15) is 38.5 Å². The number of alkyl halides is 2. The molecule has 0 aromatic carbocycles. The first-order chi connectivity index (χ1) is 7.43. The highest BCUT2D eigenvalue weighted by Crippen LogP contribution is 2.45. The molecule has 2 fully saturated rings. The fourth-order valence-electron chi connectivity index (χ4n) is 2.66. The Morgan fingerprint density at radius 3 is 2.44 bits per heavy atom. The van der Waals surface area contributed by atoms with E-state index in [0.29, 0.717) is 19.4 Å². The van der Waals surface area contributed by atoms with Crippen LogP contribution in [0.4, 0.5) is 8.78 Å². The minimum Gasteiger partial charge on any atom is -0.481 e. The minimum absolute atomic E-state index is 0.181. The van der Waals surface area contributed by atoms with E-state index in [4.69, 9.17) is 9.84 Å². The topological polar surface area (TPSA) is 46.5 Å². The van der Waals surface area contributed by atoms with Crippen molar-refractivity contribution in [3.63, 3.8) is 0 Å². The lowest BCUT2D eigenvalue weighted by Crippen LogP contribution is -2.46. The van der Waals surface area contributed by atoms with Crippen molar-refractivity contribution < 1.29 is 23.4 Å². The molecular formula is C11H16F2O3. The molecular weight excluding hydrogens is 218 g/mol. The normalized spacial score (nSPS) is 32.5. The Labute approximate surface area is 92.8 Å². The van der Waals surface area contributed by atoms with E-state index in [0.717, 1.165) is 0 Å². The SMILES string of the molecule is O=C(O)C1CCOC2(CCC(F)(F)CC2)C1. The van der Waals surface area contributed by atoms with Crippen molar-refractivity contribution in [2.45, 2.75) is 50.0 Å². The van der Waals surface area contributed by atoms with Gasteiger partial charge in [0.2, 0.25) is 5.92 Å². The maximum atomic E-state index is 13.0. The average Bonchev–Trinajstić information content (AvgIpc) is 2.24. The largest absolute Gasteiger partial charge is 0.481 e. The van der Waals surface area contributed by atoms with Crippen LogP contribution in [0.5, 0.6) is 0 Å². The highest BCUT2D eigenvalue weighted by Gasteiger charge is 2.47. The van der Waals surface area contributed by atoms with Crippen LogP contribution in [-0.2, 0) is 9.53 Å². The second-order valence-corrected chi connectivity index (χ2v) is 4.92. The fraction of sp³-hybridized carbons (Fsp3) is 0.909. The number of carboxylic acids is 1. The molecule has 0 bridgehead atoms. The van der Waals surface area contributed by atoms with Gasteiger partial charge in [-0.3, -0.25) is 4.79 Å². The second kappa shape index (κ2) is 3.95. The zero-order valence-corrected chi connectivity index (χ0v) is 9.05. The molecule has 0 aromatic heterocycles. The number of carboxylic acid groups (broad SMARTS) is 1. The third-order valence-electron chi connectivity index (χ3n) is 3.73. The van der Waals surface area contributed by atoms with E-state index >= 15 is 0 Å². The minimum atomic E-state index is -2.59. The summed E-state index contributed by atoms with van der Waals surface area (Å²) in [6.07, 6.45) is 1.08. The summed E-state index contributed by atoms with van der Waals surface area (Å²) in [5, 5.41) is 8.95. The van der Waals surface area contributed by atoms with Crippen molar-refractivity contribution >= 4 is 5.97 Å². The quantitative estimate of drug-likeness (QED) is 0.758. The summed E-state index contributed by atoms with van der Waals surface area (Å²) in [7, 11) is 0. The molecule has 1 heterocycles. The van der Waals surface area contributed by atoms with Gasteiger partial charge in [0.25, 0.3) is 0 Å². The van der Waals surface area contributed by atoms with E-state index in [9.17, 15) is 13.6 Å². The Hall–Kier alpha value is -0.710. The maximum absolute atomic E-state index is 13.0. The van der Waals surface area contributed by atoms with Gasteiger partial charge in [0, 0.05) is 19.4 Å². The van der Waals surface area contributed by atoms with Crippen molar-refractivity contribution in [1.82, 2.24) is 0 Å². The second-order valence-electron chi connectivity index (χ2n) is 4.92. The summed E-state index contributed by atoms with van der Waals surface area (Å²) in [4.78, 5) is 10.9. The van der Waals surface area contributed by atoms with E-state index in [1.807, 2.05) is 0 Å². The zero-order valence-electron chi connectivity index (χ0n) is 9.05. The number of halogens is 2. The van der Waals surface area contributed by atoms with Crippen LogP contribution in [0.25, 0.3) is 0 Å². The average molecular weight is 234 g/mol. The van der Waals surface area contributed by atoms with Gasteiger partial charge in [-0.2, -0.15) is 0 Å². The summed E-state index contributed by atoms with van der Waals surface area (Å²) in [6.45, 7) is 0.378. The zero-order chi connectivity index (χ0) is 11.8. The van der Waals surface area contributed by atoms with Gasteiger partial charge >= 0.3 is 5.97 Å². The molecule has 1 N–H and O–H groups in total. The van der Waals surface area contributed by atoms with Gasteiger partial charge in [0.05, 0.1) is 11.5 Å². The number of aliphatic carboxylic acids is 1. The number of hydrogen-bond acceptors (Lipinski definition) is 2. The number of hydrogen-bond donors (Lipinski definition) is 1. The van der Waals surface area contributed by atoms with Crippen molar-refractivity contribution in [2.24, 2.45) is 5.92 Å². The first kappa shape index (κ1) is 11.8. The fourth-order valence-corrected chi connectivity index (χ4v) is 2.66. The van der Waals surface area contributed by atoms with E-state index < -0.39 is 23.4 Å². The van der Waals surface area contributed by atoms with Crippen molar-refractivity contribution in [1.29, 1.82) is 0 Å². The lowest BCUT2D eigenvalue weighted by molar-refractivity contribution is -0.173. The van der Waals surface area contributed by atoms with Gasteiger partial charge in [0.15, 0.2) is 0 Å². The van der Waals surface area contributed by atoms with E-state index in [-0.39, 0.29) is 25.7 Å². The van der Waals surface area contributed by atoms with Gasteiger partial charge in [-0.1, -0.05) is 0 Å². The van der Waals surface area contributed by atoms with E-state index in [1.54, 1.807) is 0 Å². The lowest BCUT2D eigenvalue weighted by Gasteiger charge is -2.44. The van der Waals surface area contributed by atoms with Crippen molar-refractivity contribution in [3.8, 4) is 0 Å². The predicted molar refractivity (Wildman–Crippen MR) is 52.5 cm³/mol. The third-order valence-corrected chi connectivity index (χ3v) is 3.73. The molecule has 2 aliphatic rings. The van der Waals surface area contributed by atoms with Crippen LogP contribution < -0.4 is 0 Å². The Kier molecular flexibility index (Phi) is 2.90. The predicted octanol–water partition coefficient (Wildman–Crippen LogP) is 2.45. The molecule has 16 heavy (non-hydrogen) atoms. The molecule has 0 amide bonds. The van der Waals surface area contributed by atoms with Crippen LogP contribution in [0.3, 0.4) is 0 Å². The summed E-state index contributed by atoms with van der Waals surface area (Å²) in [5.41, 5.74) is -0.594. The molecule has 92 valence electrons. The van der Waals surface area contributed by atoms with Gasteiger partial charge < -0.3 is 9.84 Å². The molecule has 0 radical (unpaired) electrons. The number of ether oxygens (including phenoxy) is 1. The van der Waals surface area contributed by atoms with E-state index in [1.165, 1.54) is 0 Å². The number of carbonyl (C=O) groups is 1. The van der Waals surface area contributed by atoms with Gasteiger partial charge in [-0.05, 0) is 25.7 Å². The molecule has 1 saturated heterocycles. The van der Waals surface area contributed by atoms with Crippen LogP contribution in [0.15, 0.2) is 0 Å². The Balaban J connectivity index is 2.01. The van der Waals surface area contributed by atoms with Crippen LogP contribution >= 0.6 is 0 Å². The van der Waals surface area contributed by atoms with Crippen molar-refractivity contribution in [3.05, 3.63) is 0 Å². The summed E-state index contributed by atoms with van der Waals surface area (Å²) in [5.74, 6) is -3.86. The van der Waals surface area contributed by atoms with Gasteiger partial charge in [0.1, 0.15) is 0 Å². The third kappa shape index (κ3) is 2.34. The van der Waals surface area contributed by atoms with Crippen LogP contribution in [0, 0.1) is 5.92 Å². The maximum Gasteiger partial charge on any atom is 0.306 e. The summed E-state index contributed by atoms with van der Waals surface area (Å²) >= 11 is 0. The summed E-state index contributed by atoms with van der Waals surface area (Å²) in [6, 6.07) is 0. The van der Waals surface area contributed by atoms with E-state index in [2.05, 4.69) is 0 Å². The Morgan fingerprint density at radius 2 is 1.88 bits per heavy atom. The molecule has 1 aliphatic heterocycles. The van der Waals surface area contributed by atoms with Gasteiger partial charge in [-0.15, -0.1) is 0 Å². The molecule has 1 unspecified atom stereocenters. The Bertz CT molecular complexity index is 281. The Morgan fingerprint density at radius 1 is 1.25 bits per heavy atom. The summed E-state index contributed by atoms with van der Waals surface area (Å²) < 4.78 is 31.6. The van der Waals surface area contributed by atoms with Crippen molar-refractivity contribution in [2.75, 3.05) is 6.61 Å². The first-order valence-corrected chi connectivity index (χ1v) is 5.67.